The zero-order valence-electron chi connectivity index (χ0n) is 11.3. The number of fused-ring (bicyclic) bond motifs is 1. The van der Waals surface area contributed by atoms with Crippen LogP contribution >= 0.6 is 0 Å². The number of rotatable bonds is 3. The van der Waals surface area contributed by atoms with Gasteiger partial charge < -0.3 is 15.4 Å². The quantitative estimate of drug-likeness (QED) is 0.848. The molecule has 4 heteroatoms. The van der Waals surface area contributed by atoms with E-state index in [4.69, 9.17) is 11.2 Å². The molecule has 3 rings (SSSR count). The number of terminal acetylenes is 1. The molecule has 1 amide bonds. The smallest absolute Gasteiger partial charge is 0.255 e. The summed E-state index contributed by atoms with van der Waals surface area (Å²) in [6.45, 7) is 0.189. The Kier molecular flexibility index (Phi) is 3.48. The molecule has 4 nitrogen and oxygen atoms in total. The van der Waals surface area contributed by atoms with Crippen LogP contribution in [0.5, 0.6) is 5.75 Å². The van der Waals surface area contributed by atoms with Gasteiger partial charge in [0.25, 0.3) is 5.91 Å². The van der Waals surface area contributed by atoms with Gasteiger partial charge >= 0.3 is 0 Å². The number of carbonyl (C=O) groups is 1. The normalized spacial score (nSPS) is 16.1. The Morgan fingerprint density at radius 2 is 1.86 bits per heavy atom. The van der Waals surface area contributed by atoms with Gasteiger partial charge in [0.15, 0.2) is 0 Å². The standard InChI is InChI=1S/C17H14N2O2/c1-2-11-21-15-10-6-4-8-13(15)16-18-14-9-5-3-7-12(14)17(20)19-16/h1,3-10,16,18H,11H2,(H,19,20)/t16-/m0/s1. The molecule has 0 saturated carbocycles. The third-order valence-electron chi connectivity index (χ3n) is 3.29. The number of hydrogen-bond donors (Lipinski definition) is 2. The number of ether oxygens (including phenoxy) is 1. The Balaban J connectivity index is 1.93. The predicted octanol–water partition coefficient (Wildman–Crippen LogP) is 2.55. The molecule has 2 aromatic rings. The van der Waals surface area contributed by atoms with E-state index in [0.717, 1.165) is 11.3 Å². The third kappa shape index (κ3) is 2.54. The zero-order chi connectivity index (χ0) is 14.7. The van der Waals surface area contributed by atoms with E-state index in [0.29, 0.717) is 11.3 Å². The van der Waals surface area contributed by atoms with Gasteiger partial charge in [-0.25, -0.2) is 0 Å². The molecule has 104 valence electrons. The number of para-hydroxylation sites is 2. The van der Waals surface area contributed by atoms with Gasteiger partial charge in [-0.15, -0.1) is 6.42 Å². The first-order chi connectivity index (χ1) is 10.3. The topological polar surface area (TPSA) is 50.4 Å². The SMILES string of the molecule is C#CCOc1ccccc1[C@@H]1NC(=O)c2ccccc2N1. The molecule has 0 bridgehead atoms. The summed E-state index contributed by atoms with van der Waals surface area (Å²) in [5.41, 5.74) is 2.28. The second-order valence-corrected chi connectivity index (χ2v) is 4.63. The Morgan fingerprint density at radius 3 is 2.71 bits per heavy atom. The van der Waals surface area contributed by atoms with Crippen LogP contribution in [-0.4, -0.2) is 12.5 Å². The van der Waals surface area contributed by atoms with Crippen molar-refractivity contribution in [2.24, 2.45) is 0 Å². The Labute approximate surface area is 123 Å². The lowest BCUT2D eigenvalue weighted by atomic mass is 10.1. The molecular formula is C17H14N2O2. The van der Waals surface area contributed by atoms with Crippen LogP contribution in [0, 0.1) is 12.3 Å². The molecule has 0 fully saturated rings. The predicted molar refractivity (Wildman–Crippen MR) is 81.0 cm³/mol. The van der Waals surface area contributed by atoms with Crippen LogP contribution in [0.2, 0.25) is 0 Å². The molecule has 0 radical (unpaired) electrons. The van der Waals surface area contributed by atoms with Crippen LogP contribution < -0.4 is 15.4 Å². The summed E-state index contributed by atoms with van der Waals surface area (Å²) < 4.78 is 5.54. The minimum atomic E-state index is -0.346. The highest BCUT2D eigenvalue weighted by atomic mass is 16.5. The van der Waals surface area contributed by atoms with Crippen LogP contribution in [0.15, 0.2) is 48.5 Å². The maximum Gasteiger partial charge on any atom is 0.255 e. The van der Waals surface area contributed by atoms with E-state index in [2.05, 4.69) is 16.6 Å². The molecule has 0 saturated heterocycles. The van der Waals surface area contributed by atoms with E-state index in [1.807, 2.05) is 42.5 Å². The molecule has 1 aliphatic heterocycles. The van der Waals surface area contributed by atoms with Crippen molar-refractivity contribution in [3.8, 4) is 18.1 Å². The summed E-state index contributed by atoms with van der Waals surface area (Å²) in [5, 5.41) is 6.22. The first kappa shape index (κ1) is 13.1. The Hall–Kier alpha value is -2.93. The fourth-order valence-corrected chi connectivity index (χ4v) is 2.33. The first-order valence-corrected chi connectivity index (χ1v) is 6.61. The summed E-state index contributed by atoms with van der Waals surface area (Å²) in [4.78, 5) is 12.2. The fraction of sp³-hybridized carbons (Fsp3) is 0.118. The first-order valence-electron chi connectivity index (χ1n) is 6.61. The van der Waals surface area contributed by atoms with Gasteiger partial charge in [0.2, 0.25) is 0 Å². The van der Waals surface area contributed by atoms with Crippen molar-refractivity contribution in [2.75, 3.05) is 11.9 Å². The van der Waals surface area contributed by atoms with E-state index in [1.165, 1.54) is 0 Å². The van der Waals surface area contributed by atoms with Gasteiger partial charge in [-0.1, -0.05) is 36.3 Å². The van der Waals surface area contributed by atoms with Gasteiger partial charge in [-0.3, -0.25) is 4.79 Å². The van der Waals surface area contributed by atoms with Gasteiger partial charge in [0, 0.05) is 11.3 Å². The number of hydrogen-bond acceptors (Lipinski definition) is 3. The summed E-state index contributed by atoms with van der Waals surface area (Å²) in [6.07, 6.45) is 4.88. The van der Waals surface area contributed by atoms with E-state index in [9.17, 15) is 4.79 Å². The van der Waals surface area contributed by atoms with Crippen LogP contribution in [0.3, 0.4) is 0 Å². The number of anilines is 1. The van der Waals surface area contributed by atoms with Gasteiger partial charge in [0.1, 0.15) is 18.5 Å². The molecule has 0 aliphatic carbocycles. The highest BCUT2D eigenvalue weighted by Gasteiger charge is 2.25. The number of nitrogens with one attached hydrogen (secondary N) is 2. The minimum absolute atomic E-state index is 0.110. The van der Waals surface area contributed by atoms with Crippen LogP contribution in [0.25, 0.3) is 0 Å². The van der Waals surface area contributed by atoms with Crippen LogP contribution in [0.1, 0.15) is 22.1 Å². The van der Waals surface area contributed by atoms with Crippen molar-refractivity contribution in [3.05, 3.63) is 59.7 Å². The maximum absolute atomic E-state index is 12.2. The molecule has 0 unspecified atom stereocenters. The molecule has 0 spiro atoms. The van der Waals surface area contributed by atoms with Crippen LogP contribution in [0.4, 0.5) is 5.69 Å². The lowest BCUT2D eigenvalue weighted by molar-refractivity contribution is 0.0935. The molecule has 0 aromatic heterocycles. The summed E-state index contributed by atoms with van der Waals surface area (Å²) in [6, 6.07) is 14.9. The maximum atomic E-state index is 12.2. The van der Waals surface area contributed by atoms with E-state index in [1.54, 1.807) is 6.07 Å². The van der Waals surface area contributed by atoms with Gasteiger partial charge in [-0.2, -0.15) is 0 Å². The van der Waals surface area contributed by atoms with E-state index >= 15 is 0 Å². The molecule has 2 N–H and O–H groups in total. The van der Waals surface area contributed by atoms with E-state index < -0.39 is 0 Å². The third-order valence-corrected chi connectivity index (χ3v) is 3.29. The average Bonchev–Trinajstić information content (AvgIpc) is 2.53. The number of benzene rings is 2. The average molecular weight is 278 g/mol. The summed E-state index contributed by atoms with van der Waals surface area (Å²) in [7, 11) is 0. The lowest BCUT2D eigenvalue weighted by Gasteiger charge is -2.29. The highest BCUT2D eigenvalue weighted by molar-refractivity contribution is 6.01. The molecule has 2 aromatic carbocycles. The monoisotopic (exact) mass is 278 g/mol. The van der Waals surface area contributed by atoms with Crippen LogP contribution in [-0.2, 0) is 0 Å². The zero-order valence-corrected chi connectivity index (χ0v) is 11.3. The fourth-order valence-electron chi connectivity index (χ4n) is 2.33. The molecule has 21 heavy (non-hydrogen) atoms. The number of amides is 1. The number of carbonyl (C=O) groups excluding carboxylic acids is 1. The molecule has 1 atom stereocenters. The minimum Gasteiger partial charge on any atom is -0.481 e. The summed E-state index contributed by atoms with van der Waals surface area (Å²) >= 11 is 0. The van der Waals surface area contributed by atoms with Crippen molar-refractivity contribution in [2.45, 2.75) is 6.17 Å². The van der Waals surface area contributed by atoms with Gasteiger partial charge in [-0.05, 0) is 18.2 Å². The van der Waals surface area contributed by atoms with Crippen molar-refractivity contribution in [3.63, 3.8) is 0 Å². The highest BCUT2D eigenvalue weighted by Crippen LogP contribution is 2.30. The van der Waals surface area contributed by atoms with Crippen molar-refractivity contribution in [1.82, 2.24) is 5.32 Å². The summed E-state index contributed by atoms with van der Waals surface area (Å²) in [5.74, 6) is 2.99. The lowest BCUT2D eigenvalue weighted by Crippen LogP contribution is -2.38. The Bertz CT molecular complexity index is 719. The van der Waals surface area contributed by atoms with E-state index in [-0.39, 0.29) is 18.7 Å². The second-order valence-electron chi connectivity index (χ2n) is 4.63. The van der Waals surface area contributed by atoms with Gasteiger partial charge in [0.05, 0.1) is 5.56 Å². The van der Waals surface area contributed by atoms with Crippen molar-refractivity contribution < 1.29 is 9.53 Å². The Morgan fingerprint density at radius 1 is 1.10 bits per heavy atom. The second kappa shape index (κ2) is 5.59. The van der Waals surface area contributed by atoms with Crippen molar-refractivity contribution in [1.29, 1.82) is 0 Å². The molecule has 1 heterocycles. The molecular weight excluding hydrogens is 264 g/mol. The molecule has 1 aliphatic rings. The van der Waals surface area contributed by atoms with Crippen molar-refractivity contribution >= 4 is 11.6 Å². The largest absolute Gasteiger partial charge is 0.481 e.